The average molecular weight is 249 g/mol. The van der Waals surface area contributed by atoms with Crippen molar-refractivity contribution in [2.24, 2.45) is 0 Å². The molecule has 0 saturated heterocycles. The molecule has 4 nitrogen and oxygen atoms in total. The Morgan fingerprint density at radius 1 is 1.28 bits per heavy atom. The molecule has 1 atom stereocenters. The van der Waals surface area contributed by atoms with Crippen molar-refractivity contribution in [2.75, 3.05) is 0 Å². The smallest absolute Gasteiger partial charge is 0.331 e. The predicted molar refractivity (Wildman–Crippen MR) is 69.3 cm³/mol. The van der Waals surface area contributed by atoms with E-state index in [1.165, 1.54) is 4.90 Å². The third-order valence-electron chi connectivity index (χ3n) is 3.10. The highest BCUT2D eigenvalue weighted by Crippen LogP contribution is 2.24. The lowest BCUT2D eigenvalue weighted by Crippen LogP contribution is -2.38. The fraction of sp³-hybridized carbons (Fsp3) is 0.429. The Kier molecular flexibility index (Phi) is 4.48. The molecule has 0 aliphatic rings. The molecule has 1 N–H and O–H groups in total. The van der Waals surface area contributed by atoms with Gasteiger partial charge in [0, 0.05) is 6.04 Å². The van der Waals surface area contributed by atoms with Gasteiger partial charge in [-0.3, -0.25) is 4.79 Å². The highest BCUT2D eigenvalue weighted by Gasteiger charge is 2.28. The molecule has 98 valence electrons. The average Bonchev–Trinajstić information content (AvgIpc) is 2.28. The van der Waals surface area contributed by atoms with Gasteiger partial charge in [0.25, 0.3) is 0 Å². The van der Waals surface area contributed by atoms with Crippen LogP contribution in [0.2, 0.25) is 0 Å². The Bertz CT molecular complexity index is 454. The van der Waals surface area contributed by atoms with E-state index in [-0.39, 0.29) is 6.04 Å². The zero-order valence-corrected chi connectivity index (χ0v) is 11.2. The standard InChI is InChI=1S/C14H19NO3/c1-9(2)15(8-16)13(14(17)18)12-6-5-10(3)11(4)7-12/h5-9,13H,1-4H3,(H,17,18). The maximum atomic E-state index is 11.4. The molecular weight excluding hydrogens is 230 g/mol. The highest BCUT2D eigenvalue weighted by molar-refractivity contribution is 5.78. The Morgan fingerprint density at radius 3 is 2.28 bits per heavy atom. The Labute approximate surface area is 107 Å². The molecule has 0 radical (unpaired) electrons. The van der Waals surface area contributed by atoms with Crippen molar-refractivity contribution in [3.63, 3.8) is 0 Å². The van der Waals surface area contributed by atoms with Gasteiger partial charge in [0.15, 0.2) is 6.04 Å². The summed E-state index contributed by atoms with van der Waals surface area (Å²) in [6.07, 6.45) is 0.596. The summed E-state index contributed by atoms with van der Waals surface area (Å²) in [7, 11) is 0. The second-order valence-corrected chi connectivity index (χ2v) is 4.73. The van der Waals surface area contributed by atoms with Crippen LogP contribution in [0.5, 0.6) is 0 Å². The summed E-state index contributed by atoms with van der Waals surface area (Å²) < 4.78 is 0. The van der Waals surface area contributed by atoms with Gasteiger partial charge in [-0.15, -0.1) is 0 Å². The number of benzene rings is 1. The summed E-state index contributed by atoms with van der Waals surface area (Å²) in [5.74, 6) is -1.01. The molecule has 18 heavy (non-hydrogen) atoms. The van der Waals surface area contributed by atoms with E-state index in [4.69, 9.17) is 0 Å². The van der Waals surface area contributed by atoms with Crippen LogP contribution in [0.3, 0.4) is 0 Å². The molecule has 1 unspecified atom stereocenters. The molecular formula is C14H19NO3. The summed E-state index contributed by atoms with van der Waals surface area (Å²) in [4.78, 5) is 23.8. The lowest BCUT2D eigenvalue weighted by molar-refractivity contribution is -0.147. The molecule has 0 fully saturated rings. The minimum Gasteiger partial charge on any atom is -0.479 e. The molecule has 1 aromatic rings. The summed E-state index contributed by atoms with van der Waals surface area (Å²) in [5, 5.41) is 9.34. The van der Waals surface area contributed by atoms with Gasteiger partial charge in [-0.2, -0.15) is 0 Å². The number of carbonyl (C=O) groups is 2. The summed E-state index contributed by atoms with van der Waals surface area (Å²) >= 11 is 0. The molecule has 1 amide bonds. The van der Waals surface area contributed by atoms with Crippen molar-refractivity contribution < 1.29 is 14.7 Å². The van der Waals surface area contributed by atoms with E-state index >= 15 is 0 Å². The molecule has 0 heterocycles. The predicted octanol–water partition coefficient (Wildman–Crippen LogP) is 2.30. The number of hydrogen-bond donors (Lipinski definition) is 1. The first kappa shape index (κ1) is 14.2. The van der Waals surface area contributed by atoms with Crippen LogP contribution in [0.15, 0.2) is 18.2 Å². The molecule has 0 saturated carbocycles. The van der Waals surface area contributed by atoms with E-state index in [9.17, 15) is 14.7 Å². The summed E-state index contributed by atoms with van der Waals surface area (Å²) in [6, 6.07) is 4.38. The zero-order chi connectivity index (χ0) is 13.9. The number of carbonyl (C=O) groups excluding carboxylic acids is 1. The quantitative estimate of drug-likeness (QED) is 0.814. The van der Waals surface area contributed by atoms with E-state index in [2.05, 4.69) is 0 Å². The van der Waals surface area contributed by atoms with Gasteiger partial charge in [0.2, 0.25) is 6.41 Å². The van der Waals surface area contributed by atoms with E-state index in [0.29, 0.717) is 12.0 Å². The normalized spacial score (nSPS) is 12.3. The molecule has 0 spiro atoms. The van der Waals surface area contributed by atoms with Gasteiger partial charge in [-0.1, -0.05) is 18.2 Å². The Balaban J connectivity index is 3.23. The minimum absolute atomic E-state index is 0.162. The van der Waals surface area contributed by atoms with Crippen molar-refractivity contribution in [1.82, 2.24) is 4.90 Å². The molecule has 0 aromatic heterocycles. The van der Waals surface area contributed by atoms with E-state index in [1.54, 1.807) is 19.9 Å². The topological polar surface area (TPSA) is 57.6 Å². The third kappa shape index (κ3) is 2.88. The first-order valence-corrected chi connectivity index (χ1v) is 5.91. The number of hydrogen-bond acceptors (Lipinski definition) is 2. The van der Waals surface area contributed by atoms with Crippen molar-refractivity contribution in [2.45, 2.75) is 39.8 Å². The number of aryl methyl sites for hydroxylation is 2. The number of carboxylic acids is 1. The van der Waals surface area contributed by atoms with Crippen LogP contribution in [-0.4, -0.2) is 28.4 Å². The lowest BCUT2D eigenvalue weighted by atomic mass is 9.99. The number of nitrogens with zero attached hydrogens (tertiary/aromatic N) is 1. The van der Waals surface area contributed by atoms with Gasteiger partial charge < -0.3 is 10.0 Å². The number of rotatable bonds is 5. The van der Waals surface area contributed by atoms with Crippen LogP contribution in [0, 0.1) is 13.8 Å². The molecule has 4 heteroatoms. The molecule has 0 bridgehead atoms. The second kappa shape index (κ2) is 5.67. The van der Waals surface area contributed by atoms with Crippen molar-refractivity contribution in [1.29, 1.82) is 0 Å². The van der Waals surface area contributed by atoms with Gasteiger partial charge in [-0.25, -0.2) is 4.79 Å². The monoisotopic (exact) mass is 249 g/mol. The molecule has 0 aliphatic heterocycles. The van der Waals surface area contributed by atoms with Crippen LogP contribution in [0.25, 0.3) is 0 Å². The van der Waals surface area contributed by atoms with E-state index < -0.39 is 12.0 Å². The van der Waals surface area contributed by atoms with Gasteiger partial charge >= 0.3 is 5.97 Å². The summed E-state index contributed by atoms with van der Waals surface area (Å²) in [5.41, 5.74) is 2.75. The van der Waals surface area contributed by atoms with Crippen LogP contribution >= 0.6 is 0 Å². The van der Waals surface area contributed by atoms with Gasteiger partial charge in [-0.05, 0) is 44.4 Å². The second-order valence-electron chi connectivity index (χ2n) is 4.73. The van der Waals surface area contributed by atoms with Crippen molar-refractivity contribution >= 4 is 12.4 Å². The molecule has 1 rings (SSSR count). The Morgan fingerprint density at radius 2 is 1.89 bits per heavy atom. The van der Waals surface area contributed by atoms with Gasteiger partial charge in [0.1, 0.15) is 0 Å². The van der Waals surface area contributed by atoms with Crippen LogP contribution in [0.4, 0.5) is 0 Å². The highest BCUT2D eigenvalue weighted by atomic mass is 16.4. The first-order chi connectivity index (χ1) is 8.38. The minimum atomic E-state index is -1.01. The number of amides is 1. The fourth-order valence-corrected chi connectivity index (χ4v) is 1.86. The van der Waals surface area contributed by atoms with Crippen LogP contribution < -0.4 is 0 Å². The van der Waals surface area contributed by atoms with Crippen LogP contribution in [-0.2, 0) is 9.59 Å². The maximum absolute atomic E-state index is 11.4. The first-order valence-electron chi connectivity index (χ1n) is 5.91. The lowest BCUT2D eigenvalue weighted by Gasteiger charge is -2.29. The van der Waals surface area contributed by atoms with Crippen molar-refractivity contribution in [3.05, 3.63) is 34.9 Å². The van der Waals surface area contributed by atoms with E-state index in [1.807, 2.05) is 26.0 Å². The summed E-state index contributed by atoms with van der Waals surface area (Å²) in [6.45, 7) is 7.49. The van der Waals surface area contributed by atoms with Crippen molar-refractivity contribution in [3.8, 4) is 0 Å². The van der Waals surface area contributed by atoms with Crippen LogP contribution in [0.1, 0.15) is 36.6 Å². The third-order valence-corrected chi connectivity index (χ3v) is 3.10. The number of aliphatic carboxylic acids is 1. The largest absolute Gasteiger partial charge is 0.479 e. The number of carboxylic acid groups (broad SMARTS) is 1. The SMILES string of the molecule is Cc1ccc(C(C(=O)O)N(C=O)C(C)C)cc1C. The Hall–Kier alpha value is -1.84. The zero-order valence-electron chi connectivity index (χ0n) is 11.2. The molecule has 1 aromatic carbocycles. The van der Waals surface area contributed by atoms with E-state index in [0.717, 1.165) is 11.1 Å². The fourth-order valence-electron chi connectivity index (χ4n) is 1.86. The maximum Gasteiger partial charge on any atom is 0.331 e. The molecule has 0 aliphatic carbocycles. The van der Waals surface area contributed by atoms with Gasteiger partial charge in [0.05, 0.1) is 0 Å².